The maximum absolute atomic E-state index is 3.71. The van der Waals surface area contributed by atoms with E-state index in [0.717, 1.165) is 17.9 Å². The third-order valence-corrected chi connectivity index (χ3v) is 10.5. The molecule has 0 aliphatic carbocycles. The van der Waals surface area contributed by atoms with Gasteiger partial charge in [0.05, 0.1) is 45.5 Å². The molecule has 6 heteroatoms. The van der Waals surface area contributed by atoms with Gasteiger partial charge in [0.25, 0.3) is 0 Å². The molecule has 0 saturated heterocycles. The Morgan fingerprint density at radius 1 is 0.549 bits per heavy atom. The van der Waals surface area contributed by atoms with E-state index < -0.39 is 0 Å². The van der Waals surface area contributed by atoms with Gasteiger partial charge in [0.15, 0.2) is 0 Å². The molecule has 5 nitrogen and oxygen atoms in total. The van der Waals surface area contributed by atoms with E-state index in [1.165, 1.54) is 71.0 Å². The average Bonchev–Trinajstić information content (AvgIpc) is 3.66. The van der Waals surface area contributed by atoms with E-state index in [1.54, 1.807) is 6.26 Å². The maximum Gasteiger partial charge on any atom is 0.0755 e. The molecule has 2 unspecified atom stereocenters. The Morgan fingerprint density at radius 2 is 1.12 bits per heavy atom. The molecule has 6 aromatic carbocycles. The number of para-hydroxylation sites is 4. The van der Waals surface area contributed by atoms with Crippen molar-refractivity contribution in [3.8, 4) is 0 Å². The molecule has 2 aliphatic heterocycles. The molecule has 2 atom stereocenters. The zero-order valence-electron chi connectivity index (χ0n) is 28.6. The van der Waals surface area contributed by atoms with E-state index in [4.69, 9.17) is 0 Å². The van der Waals surface area contributed by atoms with E-state index in [1.807, 2.05) is 6.20 Å². The smallest absolute Gasteiger partial charge is 0.0755 e. The Hall–Kier alpha value is -5.85. The first-order valence-corrected chi connectivity index (χ1v) is 18.4. The van der Waals surface area contributed by atoms with Gasteiger partial charge in [-0.15, -0.1) is 0 Å². The van der Waals surface area contributed by atoms with Gasteiger partial charge in [0, 0.05) is 46.0 Å². The number of hydrogen-bond acceptors (Lipinski definition) is 4. The number of nitrogens with zero attached hydrogens (tertiary/aromatic N) is 2. The van der Waals surface area contributed by atoms with Crippen molar-refractivity contribution in [1.29, 1.82) is 0 Å². The van der Waals surface area contributed by atoms with Crippen LogP contribution in [0.3, 0.4) is 0 Å². The third kappa shape index (κ3) is 4.93. The van der Waals surface area contributed by atoms with Gasteiger partial charge >= 0.3 is 0 Å². The van der Waals surface area contributed by atoms with Crippen LogP contribution in [0.4, 0.5) is 11.4 Å². The van der Waals surface area contributed by atoms with Gasteiger partial charge in [0.2, 0.25) is 0 Å². The lowest BCUT2D eigenvalue weighted by molar-refractivity contribution is 0.647. The molecule has 0 amide bonds. The molecular weight excluding hydrogens is 643 g/mol. The molecule has 0 radical (unpaired) electrons. The highest BCUT2D eigenvalue weighted by molar-refractivity contribution is 7.79. The Balaban J connectivity index is 0.000000133. The monoisotopic (exact) mass is 681 g/mol. The number of allylic oxidation sites excluding steroid dienone is 2. The highest BCUT2D eigenvalue weighted by Gasteiger charge is 2.31. The second-order valence-electron chi connectivity index (χ2n) is 13.2. The van der Waals surface area contributed by atoms with E-state index >= 15 is 0 Å². The number of anilines is 2. The summed E-state index contributed by atoms with van der Waals surface area (Å²) in [6.45, 7) is 0.876. The fourth-order valence-corrected chi connectivity index (χ4v) is 8.34. The average molecular weight is 682 g/mol. The van der Waals surface area contributed by atoms with Gasteiger partial charge in [-0.1, -0.05) is 103 Å². The van der Waals surface area contributed by atoms with Crippen molar-refractivity contribution in [2.24, 2.45) is 7.05 Å². The molecule has 11 rings (SSSR count). The number of thiol groups is 1. The van der Waals surface area contributed by atoms with E-state index in [0.29, 0.717) is 0 Å². The van der Waals surface area contributed by atoms with Crippen molar-refractivity contribution in [2.45, 2.75) is 12.1 Å². The molecule has 3 N–H and O–H groups in total. The highest BCUT2D eigenvalue weighted by atomic mass is 32.1. The summed E-state index contributed by atoms with van der Waals surface area (Å²) in [4.78, 5) is 0. The maximum atomic E-state index is 3.71. The lowest BCUT2D eigenvalue weighted by Crippen LogP contribution is -2.40. The van der Waals surface area contributed by atoms with Crippen molar-refractivity contribution >= 4 is 83.9 Å². The topological polar surface area (TPSA) is 45.4 Å². The van der Waals surface area contributed by atoms with Gasteiger partial charge in [-0.05, 0) is 71.5 Å². The van der Waals surface area contributed by atoms with Crippen LogP contribution in [-0.2, 0) is 7.05 Å². The quantitative estimate of drug-likeness (QED) is 0.137. The number of aryl methyl sites for hydroxylation is 1. The van der Waals surface area contributed by atoms with Crippen molar-refractivity contribution < 1.29 is 0 Å². The van der Waals surface area contributed by atoms with Crippen molar-refractivity contribution in [1.82, 2.24) is 14.3 Å². The Morgan fingerprint density at radius 3 is 1.88 bits per heavy atom. The summed E-state index contributed by atoms with van der Waals surface area (Å²) < 4.78 is 4.80. The van der Waals surface area contributed by atoms with Gasteiger partial charge in [-0.2, -0.15) is 12.6 Å². The standard InChI is InChI=1S/C25H16N2.C19H19N3.CH4S/c1-26-20-12-5-8-16-18-10-4-9-17-15-7-2-3-11-19(15)27(25(17)18)22-14-6-13-21(26)24(22)23(16)20;1-2-7-14(8-3-1)18-19(15-9-6-12-20-13-15)22-17-11-5-4-10-16(17)21-18;1-2/h2-14H,1H3;1-12,18-22H,13H2;2H,1H3. The molecule has 0 saturated carbocycles. The third-order valence-electron chi connectivity index (χ3n) is 10.5. The van der Waals surface area contributed by atoms with Gasteiger partial charge in [0.1, 0.15) is 0 Å². The minimum atomic E-state index is 0.218. The van der Waals surface area contributed by atoms with Crippen LogP contribution >= 0.6 is 12.6 Å². The van der Waals surface area contributed by atoms with Crippen LogP contribution in [0.1, 0.15) is 11.6 Å². The molecule has 9 aromatic rings. The second-order valence-corrected chi connectivity index (χ2v) is 13.2. The SMILES string of the molecule is C1=CNCC(C2Nc3ccccc3NC2c2ccccc2)=C1.CS.Cn1c2cccc3c4cccc5c6ccccc6n(c6cccc1c6c32)c45. The number of benzene rings is 6. The molecule has 5 heterocycles. The van der Waals surface area contributed by atoms with Crippen LogP contribution in [0, 0.1) is 0 Å². The Labute approximate surface area is 302 Å². The largest absolute Gasteiger partial charge is 0.387 e. The zero-order valence-corrected chi connectivity index (χ0v) is 29.5. The van der Waals surface area contributed by atoms with Gasteiger partial charge in [-0.3, -0.25) is 0 Å². The first-order valence-electron chi connectivity index (χ1n) is 17.5. The minimum absolute atomic E-state index is 0.218. The van der Waals surface area contributed by atoms with Crippen LogP contribution in [0.15, 0.2) is 157 Å². The van der Waals surface area contributed by atoms with Gasteiger partial charge in [-0.25, -0.2) is 0 Å². The zero-order chi connectivity index (χ0) is 34.5. The number of aromatic nitrogens is 2. The summed E-state index contributed by atoms with van der Waals surface area (Å²) >= 11 is 3.53. The summed E-state index contributed by atoms with van der Waals surface area (Å²) in [6, 6.07) is 48.4. The van der Waals surface area contributed by atoms with Crippen molar-refractivity contribution in [2.75, 3.05) is 23.4 Å². The molecule has 0 bridgehead atoms. The molecule has 250 valence electrons. The predicted octanol–water partition coefficient (Wildman–Crippen LogP) is 10.7. The first-order chi connectivity index (χ1) is 25.3. The highest BCUT2D eigenvalue weighted by Crippen LogP contribution is 2.43. The normalized spacial score (nSPS) is 16.6. The van der Waals surface area contributed by atoms with E-state index in [-0.39, 0.29) is 12.1 Å². The number of rotatable bonds is 2. The van der Waals surface area contributed by atoms with E-state index in [9.17, 15) is 0 Å². The predicted molar refractivity (Wildman–Crippen MR) is 222 cm³/mol. The first kappa shape index (κ1) is 31.2. The summed E-state index contributed by atoms with van der Waals surface area (Å²) in [5.74, 6) is 0. The summed E-state index contributed by atoms with van der Waals surface area (Å²) in [5.41, 5.74) is 11.4. The van der Waals surface area contributed by atoms with Crippen molar-refractivity contribution in [3.05, 3.63) is 163 Å². The number of fused-ring (bicyclic) bond motifs is 6. The van der Waals surface area contributed by atoms with Crippen molar-refractivity contribution in [3.63, 3.8) is 0 Å². The number of dihydropyridines is 1. The van der Waals surface area contributed by atoms with Crippen LogP contribution in [0.5, 0.6) is 0 Å². The minimum Gasteiger partial charge on any atom is -0.387 e. The lowest BCUT2D eigenvalue weighted by atomic mass is 9.89. The summed E-state index contributed by atoms with van der Waals surface area (Å²) in [6.07, 6.45) is 7.97. The molecule has 2 aliphatic rings. The fourth-order valence-electron chi connectivity index (χ4n) is 8.34. The molecule has 51 heavy (non-hydrogen) atoms. The summed E-state index contributed by atoms with van der Waals surface area (Å²) in [7, 11) is 2.18. The van der Waals surface area contributed by atoms with E-state index in [2.05, 4.69) is 190 Å². The Bertz CT molecular complexity index is 2750. The molecular formula is C45H39N5S. The molecule has 0 spiro atoms. The Kier molecular flexibility index (Phi) is 7.82. The van der Waals surface area contributed by atoms with Gasteiger partial charge < -0.3 is 24.9 Å². The number of hydrogen-bond donors (Lipinski definition) is 4. The van der Waals surface area contributed by atoms with Crippen LogP contribution in [0.25, 0.3) is 59.9 Å². The van der Waals surface area contributed by atoms with Crippen LogP contribution in [-0.4, -0.2) is 27.8 Å². The summed E-state index contributed by atoms with van der Waals surface area (Å²) in [5, 5.41) is 18.7. The molecule has 3 aromatic heterocycles. The fraction of sp³-hybridized carbons (Fsp3) is 0.111. The lowest BCUT2D eigenvalue weighted by Gasteiger charge is -2.38. The second kappa shape index (κ2) is 12.8. The van der Waals surface area contributed by atoms with Crippen LogP contribution in [0.2, 0.25) is 0 Å². The number of nitrogens with one attached hydrogen (secondary N) is 3. The van der Waals surface area contributed by atoms with Crippen LogP contribution < -0.4 is 16.0 Å². The molecule has 0 fully saturated rings.